The van der Waals surface area contributed by atoms with Crippen LogP contribution >= 0.6 is 0 Å². The molecule has 1 aliphatic heterocycles. The van der Waals surface area contributed by atoms with Crippen molar-refractivity contribution < 1.29 is 31.9 Å². The monoisotopic (exact) mass is 253 g/mol. The number of carbonyl (C=O) groups excluding carboxylic acids is 1. The summed E-state index contributed by atoms with van der Waals surface area (Å²) in [5.41, 5.74) is -5.50. The van der Waals surface area contributed by atoms with Gasteiger partial charge in [0.1, 0.15) is 0 Å². The molecule has 92 valence electrons. The zero-order chi connectivity index (χ0) is 13.0. The molecule has 8 heteroatoms. The van der Waals surface area contributed by atoms with Gasteiger partial charge in [0.05, 0.1) is 5.69 Å². The van der Waals surface area contributed by atoms with E-state index < -0.39 is 40.6 Å². The van der Waals surface area contributed by atoms with Crippen LogP contribution in [0.5, 0.6) is 0 Å². The molecule has 0 bridgehead atoms. The summed E-state index contributed by atoms with van der Waals surface area (Å²) in [4.78, 5) is 11.1. The van der Waals surface area contributed by atoms with E-state index in [2.05, 4.69) is 0 Å². The highest BCUT2D eigenvalue weighted by Gasteiger charge is 2.64. The lowest BCUT2D eigenvalue weighted by atomic mass is 9.94. The molecule has 1 amide bonds. The number of carbonyl (C=O) groups is 1. The highest BCUT2D eigenvalue weighted by atomic mass is 19.4. The lowest BCUT2D eigenvalue weighted by Gasteiger charge is -2.23. The van der Waals surface area contributed by atoms with Crippen LogP contribution in [0.15, 0.2) is 12.1 Å². The number of benzene rings is 1. The average molecular weight is 253 g/mol. The molecule has 0 spiro atoms. The Balaban J connectivity index is 2.70. The third kappa shape index (κ3) is 1.40. The highest BCUT2D eigenvalue weighted by molar-refractivity contribution is 6.05. The minimum Gasteiger partial charge on any atom is -0.368 e. The first-order valence-electron chi connectivity index (χ1n) is 4.28. The van der Waals surface area contributed by atoms with E-state index in [1.165, 1.54) is 0 Å². The van der Waals surface area contributed by atoms with Gasteiger partial charge >= 0.3 is 6.18 Å². The Hall–Kier alpha value is -1.70. The number of halogens is 5. The number of hydrogen-bond donors (Lipinski definition) is 2. The van der Waals surface area contributed by atoms with Crippen LogP contribution in [-0.2, 0) is 10.4 Å². The molecule has 0 aromatic heterocycles. The number of anilines is 1. The summed E-state index contributed by atoms with van der Waals surface area (Å²) in [6, 6.07) is 0.530. The van der Waals surface area contributed by atoms with Gasteiger partial charge < -0.3 is 10.4 Å². The van der Waals surface area contributed by atoms with Crippen LogP contribution in [0.4, 0.5) is 27.6 Å². The van der Waals surface area contributed by atoms with Crippen molar-refractivity contribution >= 4 is 11.6 Å². The number of rotatable bonds is 0. The van der Waals surface area contributed by atoms with Gasteiger partial charge in [-0.25, -0.2) is 8.78 Å². The normalized spacial score (nSPS) is 23.5. The quantitative estimate of drug-likeness (QED) is 0.691. The van der Waals surface area contributed by atoms with Gasteiger partial charge in [-0.3, -0.25) is 4.79 Å². The van der Waals surface area contributed by atoms with E-state index in [-0.39, 0.29) is 6.07 Å². The van der Waals surface area contributed by atoms with Gasteiger partial charge in [0.15, 0.2) is 11.6 Å². The first-order valence-corrected chi connectivity index (χ1v) is 4.28. The van der Waals surface area contributed by atoms with Crippen LogP contribution in [0, 0.1) is 11.6 Å². The first-order chi connectivity index (χ1) is 7.68. The van der Waals surface area contributed by atoms with Gasteiger partial charge in [-0.05, 0) is 6.07 Å². The average Bonchev–Trinajstić information content (AvgIpc) is 2.42. The number of aliphatic hydroxyl groups is 1. The van der Waals surface area contributed by atoms with E-state index in [0.29, 0.717) is 6.07 Å². The van der Waals surface area contributed by atoms with Crippen LogP contribution in [-0.4, -0.2) is 17.2 Å². The van der Waals surface area contributed by atoms with Gasteiger partial charge in [0.25, 0.3) is 11.5 Å². The maximum Gasteiger partial charge on any atom is 0.430 e. The third-order valence-corrected chi connectivity index (χ3v) is 2.44. The molecule has 1 aromatic carbocycles. The fourth-order valence-corrected chi connectivity index (χ4v) is 1.57. The van der Waals surface area contributed by atoms with E-state index in [9.17, 15) is 31.9 Å². The Morgan fingerprint density at radius 2 is 1.71 bits per heavy atom. The summed E-state index contributed by atoms with van der Waals surface area (Å²) in [5.74, 6) is -4.79. The molecule has 0 aliphatic carbocycles. The van der Waals surface area contributed by atoms with Crippen LogP contribution in [0.3, 0.4) is 0 Å². The summed E-state index contributed by atoms with van der Waals surface area (Å²) in [5, 5.41) is 11.0. The van der Waals surface area contributed by atoms with Gasteiger partial charge in [0.2, 0.25) is 0 Å². The van der Waals surface area contributed by atoms with Crippen molar-refractivity contribution in [3.05, 3.63) is 29.3 Å². The molecule has 0 fully saturated rings. The molecule has 0 radical (unpaired) electrons. The van der Waals surface area contributed by atoms with E-state index in [1.54, 1.807) is 5.32 Å². The molecule has 1 heterocycles. The zero-order valence-electron chi connectivity index (χ0n) is 7.90. The minimum absolute atomic E-state index is 0.149. The minimum atomic E-state index is -5.33. The van der Waals surface area contributed by atoms with Crippen LogP contribution in [0.1, 0.15) is 5.56 Å². The fraction of sp³-hybridized carbons (Fsp3) is 0.222. The molecule has 1 aliphatic rings. The van der Waals surface area contributed by atoms with E-state index in [0.717, 1.165) is 0 Å². The third-order valence-electron chi connectivity index (χ3n) is 2.44. The summed E-state index contributed by atoms with van der Waals surface area (Å²) < 4.78 is 63.3. The number of fused-ring (bicyclic) bond motifs is 1. The van der Waals surface area contributed by atoms with Gasteiger partial charge in [-0.2, -0.15) is 13.2 Å². The van der Waals surface area contributed by atoms with Gasteiger partial charge in [-0.1, -0.05) is 0 Å². The Labute approximate surface area is 90.9 Å². The highest BCUT2D eigenvalue weighted by Crippen LogP contribution is 2.47. The molecule has 17 heavy (non-hydrogen) atoms. The van der Waals surface area contributed by atoms with Crippen LogP contribution in [0.25, 0.3) is 0 Å². The SMILES string of the molecule is O=C1Nc2cc(F)c(F)cc2C1(O)C(F)(F)F. The van der Waals surface area contributed by atoms with Crippen molar-refractivity contribution in [1.29, 1.82) is 0 Å². The second kappa shape index (κ2) is 3.16. The summed E-state index contributed by atoms with van der Waals surface area (Å²) in [7, 11) is 0. The molecule has 2 N–H and O–H groups in total. The maximum absolute atomic E-state index is 12.8. The Bertz CT molecular complexity index is 513. The van der Waals surface area contributed by atoms with Crippen molar-refractivity contribution in [2.45, 2.75) is 11.8 Å². The second-order valence-electron chi connectivity index (χ2n) is 3.47. The Morgan fingerprint density at radius 1 is 1.18 bits per heavy atom. The maximum atomic E-state index is 12.8. The molecule has 0 saturated carbocycles. The standard InChI is InChI=1S/C9H4F5NO2/c10-4-1-3-6(2-5(4)11)15-7(16)8(3,17)9(12,13)14/h1-2,17H,(H,15,16). The molecule has 1 aromatic rings. The number of hydrogen-bond acceptors (Lipinski definition) is 2. The molecule has 2 rings (SSSR count). The number of nitrogens with one attached hydrogen (secondary N) is 1. The van der Waals surface area contributed by atoms with Crippen LogP contribution < -0.4 is 5.32 Å². The Morgan fingerprint density at radius 3 is 2.24 bits per heavy atom. The topological polar surface area (TPSA) is 49.3 Å². The molecule has 1 atom stereocenters. The summed E-state index contributed by atoms with van der Waals surface area (Å²) in [6.07, 6.45) is -5.33. The fourth-order valence-electron chi connectivity index (χ4n) is 1.57. The van der Waals surface area contributed by atoms with Crippen molar-refractivity contribution in [2.75, 3.05) is 5.32 Å². The largest absolute Gasteiger partial charge is 0.430 e. The summed E-state index contributed by atoms with van der Waals surface area (Å²) >= 11 is 0. The second-order valence-corrected chi connectivity index (χ2v) is 3.47. The van der Waals surface area contributed by atoms with Crippen molar-refractivity contribution in [1.82, 2.24) is 0 Å². The van der Waals surface area contributed by atoms with E-state index >= 15 is 0 Å². The molecule has 3 nitrogen and oxygen atoms in total. The first kappa shape index (κ1) is 11.8. The smallest absolute Gasteiger partial charge is 0.368 e. The number of amides is 1. The van der Waals surface area contributed by atoms with Crippen LogP contribution in [0.2, 0.25) is 0 Å². The summed E-state index contributed by atoms with van der Waals surface area (Å²) in [6.45, 7) is 0. The van der Waals surface area contributed by atoms with Gasteiger partial charge in [0, 0.05) is 11.6 Å². The molecule has 0 saturated heterocycles. The lowest BCUT2D eigenvalue weighted by molar-refractivity contribution is -0.252. The van der Waals surface area contributed by atoms with Crippen molar-refractivity contribution in [3.63, 3.8) is 0 Å². The predicted octanol–water partition coefficient (Wildman–Crippen LogP) is 1.67. The van der Waals surface area contributed by atoms with Crippen molar-refractivity contribution in [2.24, 2.45) is 0 Å². The molecule has 1 unspecified atom stereocenters. The zero-order valence-corrected chi connectivity index (χ0v) is 7.90. The Kier molecular flexibility index (Phi) is 2.19. The van der Waals surface area contributed by atoms with Crippen molar-refractivity contribution in [3.8, 4) is 0 Å². The van der Waals surface area contributed by atoms with Gasteiger partial charge in [-0.15, -0.1) is 0 Å². The number of alkyl halides is 3. The predicted molar refractivity (Wildman–Crippen MR) is 44.9 cm³/mol. The lowest BCUT2D eigenvalue weighted by Crippen LogP contribution is -2.47. The van der Waals surface area contributed by atoms with E-state index in [4.69, 9.17) is 0 Å². The molecular formula is C9H4F5NO2. The van der Waals surface area contributed by atoms with E-state index in [1.807, 2.05) is 0 Å². The molecular weight excluding hydrogens is 249 g/mol.